The van der Waals surface area contributed by atoms with Crippen molar-refractivity contribution in [3.05, 3.63) is 39.9 Å². The summed E-state index contributed by atoms with van der Waals surface area (Å²) < 4.78 is 0. The minimum absolute atomic E-state index is 0.374. The van der Waals surface area contributed by atoms with Gasteiger partial charge in [0.05, 0.1) is 0 Å². The fourth-order valence-electron chi connectivity index (χ4n) is 2.15. The van der Waals surface area contributed by atoms with Crippen LogP contribution < -0.4 is 4.84 Å². The standard InChI is InChI=1S/C15H23NO3/c1-2-3-4-5-6-7-8-11-14-12-9-10-13-15(14)19-16(17)18/h9-10,12-13H,2-8,11H2,1H3. The zero-order valence-corrected chi connectivity index (χ0v) is 11.6. The molecule has 1 rings (SSSR count). The molecule has 0 aliphatic heterocycles. The molecule has 0 aromatic heterocycles. The zero-order valence-electron chi connectivity index (χ0n) is 11.6. The van der Waals surface area contributed by atoms with Crippen LogP contribution in [0, 0.1) is 10.1 Å². The van der Waals surface area contributed by atoms with E-state index in [4.69, 9.17) is 0 Å². The van der Waals surface area contributed by atoms with Crippen LogP contribution in [-0.4, -0.2) is 5.09 Å². The second-order valence-corrected chi connectivity index (χ2v) is 4.79. The molecular formula is C15H23NO3. The van der Waals surface area contributed by atoms with Crippen LogP contribution in [-0.2, 0) is 6.42 Å². The molecule has 0 fully saturated rings. The molecule has 0 saturated heterocycles. The number of nitrogens with zero attached hydrogens (tertiary/aromatic N) is 1. The van der Waals surface area contributed by atoms with Crippen LogP contribution in [0.2, 0.25) is 0 Å². The summed E-state index contributed by atoms with van der Waals surface area (Å²) in [6, 6.07) is 7.20. The van der Waals surface area contributed by atoms with Crippen LogP contribution in [0.3, 0.4) is 0 Å². The number of hydrogen-bond donors (Lipinski definition) is 0. The molecule has 19 heavy (non-hydrogen) atoms. The van der Waals surface area contributed by atoms with E-state index in [9.17, 15) is 10.1 Å². The van der Waals surface area contributed by atoms with Gasteiger partial charge in [0.1, 0.15) is 5.75 Å². The van der Waals surface area contributed by atoms with Gasteiger partial charge in [-0.05, 0) is 24.5 Å². The van der Waals surface area contributed by atoms with Gasteiger partial charge in [0, 0.05) is 0 Å². The number of benzene rings is 1. The van der Waals surface area contributed by atoms with E-state index in [1.807, 2.05) is 12.1 Å². The van der Waals surface area contributed by atoms with Gasteiger partial charge in [-0.15, -0.1) is 10.1 Å². The molecule has 0 aliphatic rings. The largest absolute Gasteiger partial charge is 0.299 e. The van der Waals surface area contributed by atoms with E-state index in [1.165, 1.54) is 38.5 Å². The van der Waals surface area contributed by atoms with Crippen molar-refractivity contribution in [1.29, 1.82) is 0 Å². The number of aryl methyl sites for hydroxylation is 1. The predicted octanol–water partition coefficient (Wildman–Crippen LogP) is 4.55. The first-order valence-electron chi connectivity index (χ1n) is 7.14. The van der Waals surface area contributed by atoms with Crippen LogP contribution in [0.1, 0.15) is 57.4 Å². The van der Waals surface area contributed by atoms with Crippen LogP contribution in [0.4, 0.5) is 0 Å². The number of para-hydroxylation sites is 1. The molecule has 0 atom stereocenters. The maximum Gasteiger partial charge on any atom is 0.299 e. The normalized spacial score (nSPS) is 10.4. The Kier molecular flexibility index (Phi) is 7.63. The Morgan fingerprint density at radius 3 is 2.37 bits per heavy atom. The quantitative estimate of drug-likeness (QED) is 0.354. The van der Waals surface area contributed by atoms with E-state index < -0.39 is 5.09 Å². The first kappa shape index (κ1) is 15.5. The van der Waals surface area contributed by atoms with Crippen LogP contribution >= 0.6 is 0 Å². The highest BCUT2D eigenvalue weighted by atomic mass is 17.0. The van der Waals surface area contributed by atoms with Gasteiger partial charge in [-0.3, -0.25) is 4.84 Å². The van der Waals surface area contributed by atoms with Gasteiger partial charge in [0.25, 0.3) is 5.09 Å². The first-order chi connectivity index (χ1) is 9.24. The van der Waals surface area contributed by atoms with Gasteiger partial charge in [-0.2, -0.15) is 0 Å². The molecule has 0 saturated carbocycles. The maximum atomic E-state index is 10.4. The molecule has 4 nitrogen and oxygen atoms in total. The Balaban J connectivity index is 2.26. The molecule has 1 aromatic carbocycles. The number of rotatable bonds is 10. The van der Waals surface area contributed by atoms with Gasteiger partial charge in [0.15, 0.2) is 0 Å². The van der Waals surface area contributed by atoms with Gasteiger partial charge >= 0.3 is 0 Å². The predicted molar refractivity (Wildman–Crippen MR) is 75.8 cm³/mol. The highest BCUT2D eigenvalue weighted by Gasteiger charge is 2.05. The van der Waals surface area contributed by atoms with Crippen molar-refractivity contribution >= 4 is 0 Å². The van der Waals surface area contributed by atoms with E-state index in [-0.39, 0.29) is 0 Å². The van der Waals surface area contributed by atoms with Crippen molar-refractivity contribution in [1.82, 2.24) is 0 Å². The molecule has 0 heterocycles. The molecule has 0 N–H and O–H groups in total. The minimum Gasteiger partial charge on any atom is -0.276 e. The molecule has 0 unspecified atom stereocenters. The third-order valence-electron chi connectivity index (χ3n) is 3.20. The second-order valence-electron chi connectivity index (χ2n) is 4.79. The lowest BCUT2D eigenvalue weighted by Crippen LogP contribution is -2.05. The smallest absolute Gasteiger partial charge is 0.276 e. The van der Waals surface area contributed by atoms with E-state index in [2.05, 4.69) is 11.8 Å². The van der Waals surface area contributed by atoms with Crippen molar-refractivity contribution in [3.63, 3.8) is 0 Å². The maximum absolute atomic E-state index is 10.4. The van der Waals surface area contributed by atoms with Gasteiger partial charge in [0.2, 0.25) is 0 Å². The number of hydrogen-bond acceptors (Lipinski definition) is 3. The summed E-state index contributed by atoms with van der Waals surface area (Å²) in [5, 5.41) is 9.63. The lowest BCUT2D eigenvalue weighted by molar-refractivity contribution is -0.711. The summed E-state index contributed by atoms with van der Waals surface area (Å²) in [4.78, 5) is 15.0. The van der Waals surface area contributed by atoms with Gasteiger partial charge < -0.3 is 0 Å². The average molecular weight is 265 g/mol. The second kappa shape index (κ2) is 9.36. The number of unbranched alkanes of at least 4 members (excludes halogenated alkanes) is 6. The van der Waals surface area contributed by atoms with E-state index >= 15 is 0 Å². The molecule has 0 amide bonds. The van der Waals surface area contributed by atoms with E-state index in [0.29, 0.717) is 5.75 Å². The van der Waals surface area contributed by atoms with Gasteiger partial charge in [-0.1, -0.05) is 63.6 Å². The lowest BCUT2D eigenvalue weighted by Gasteiger charge is -2.07. The first-order valence-corrected chi connectivity index (χ1v) is 7.14. The van der Waals surface area contributed by atoms with E-state index in [0.717, 1.165) is 18.4 Å². The third kappa shape index (κ3) is 6.79. The molecule has 1 aromatic rings. The summed E-state index contributed by atoms with van der Waals surface area (Å²) in [6.07, 6.45) is 9.53. The monoisotopic (exact) mass is 265 g/mol. The van der Waals surface area contributed by atoms with Gasteiger partial charge in [-0.25, -0.2) is 0 Å². The molecule has 0 radical (unpaired) electrons. The fraction of sp³-hybridized carbons (Fsp3) is 0.600. The summed E-state index contributed by atoms with van der Waals surface area (Å²) >= 11 is 0. The van der Waals surface area contributed by atoms with Crippen molar-refractivity contribution in [3.8, 4) is 5.75 Å². The van der Waals surface area contributed by atoms with Crippen molar-refractivity contribution in [2.45, 2.75) is 58.3 Å². The molecule has 106 valence electrons. The SMILES string of the molecule is CCCCCCCCCc1ccccc1O[N+](=O)[O-]. The van der Waals surface area contributed by atoms with Crippen molar-refractivity contribution in [2.24, 2.45) is 0 Å². The topological polar surface area (TPSA) is 52.4 Å². The highest BCUT2D eigenvalue weighted by molar-refractivity contribution is 5.32. The van der Waals surface area contributed by atoms with Crippen molar-refractivity contribution in [2.75, 3.05) is 0 Å². The Bertz CT molecular complexity index is 379. The molecule has 4 heteroatoms. The summed E-state index contributed by atoms with van der Waals surface area (Å²) in [6.45, 7) is 2.21. The van der Waals surface area contributed by atoms with Crippen LogP contribution in [0.5, 0.6) is 5.75 Å². The average Bonchev–Trinajstić information content (AvgIpc) is 2.39. The summed E-state index contributed by atoms with van der Waals surface area (Å²) in [5.74, 6) is 0.374. The molecule has 0 aliphatic carbocycles. The van der Waals surface area contributed by atoms with Crippen LogP contribution in [0.15, 0.2) is 24.3 Å². The fourth-order valence-corrected chi connectivity index (χ4v) is 2.15. The lowest BCUT2D eigenvalue weighted by atomic mass is 10.0. The zero-order chi connectivity index (χ0) is 13.9. The Labute approximate surface area is 114 Å². The Morgan fingerprint density at radius 2 is 1.68 bits per heavy atom. The highest BCUT2D eigenvalue weighted by Crippen LogP contribution is 2.20. The van der Waals surface area contributed by atoms with Crippen LogP contribution in [0.25, 0.3) is 0 Å². The minimum atomic E-state index is -0.746. The molecule has 0 bridgehead atoms. The third-order valence-corrected chi connectivity index (χ3v) is 3.20. The summed E-state index contributed by atoms with van der Waals surface area (Å²) in [7, 11) is 0. The van der Waals surface area contributed by atoms with Crippen molar-refractivity contribution < 1.29 is 9.92 Å². The Hall–Kier alpha value is -1.58. The molecule has 0 spiro atoms. The molecular weight excluding hydrogens is 242 g/mol. The summed E-state index contributed by atoms with van der Waals surface area (Å²) in [5.41, 5.74) is 0.924. The Morgan fingerprint density at radius 1 is 1.05 bits per heavy atom. The van der Waals surface area contributed by atoms with E-state index in [1.54, 1.807) is 12.1 Å².